The van der Waals surface area contributed by atoms with Crippen LogP contribution in [0.5, 0.6) is 0 Å². The van der Waals surface area contributed by atoms with E-state index in [-0.39, 0.29) is 17.3 Å². The number of halogens is 1. The number of rotatable bonds is 1. The van der Waals surface area contributed by atoms with Crippen LogP contribution < -0.4 is 25.1 Å². The Morgan fingerprint density at radius 3 is 2.66 bits per heavy atom. The van der Waals surface area contributed by atoms with E-state index in [0.717, 1.165) is 28.1 Å². The molecule has 0 atom stereocenters. The molecule has 3 aromatic rings. The fourth-order valence-corrected chi connectivity index (χ4v) is 4.89. The van der Waals surface area contributed by atoms with Gasteiger partial charge in [0.15, 0.2) is 4.80 Å². The molecule has 2 aliphatic rings. The number of nitrogens with zero attached hydrogens (tertiary/aromatic N) is 3. The lowest BCUT2D eigenvalue weighted by molar-refractivity contribution is -0.110. The molecule has 0 unspecified atom stereocenters. The van der Waals surface area contributed by atoms with Gasteiger partial charge < -0.3 is 10.2 Å². The van der Waals surface area contributed by atoms with Crippen LogP contribution in [0.4, 0.5) is 15.8 Å². The largest absolute Gasteiger partial charge is 0.334 e. The molecule has 0 saturated carbocycles. The second-order valence-electron chi connectivity index (χ2n) is 7.24. The number of carbonyl (C=O) groups is 1. The number of nitrogens with one attached hydrogen (secondary N) is 1. The van der Waals surface area contributed by atoms with E-state index in [1.807, 2.05) is 30.9 Å². The van der Waals surface area contributed by atoms with E-state index in [9.17, 15) is 14.0 Å². The van der Waals surface area contributed by atoms with E-state index in [2.05, 4.69) is 10.3 Å². The molecular formula is C21H17FN4O2S. The Morgan fingerprint density at radius 2 is 1.90 bits per heavy atom. The monoisotopic (exact) mass is 408 g/mol. The Morgan fingerprint density at radius 1 is 1.14 bits per heavy atom. The number of fused-ring (bicyclic) bond motifs is 2. The van der Waals surface area contributed by atoms with E-state index < -0.39 is 0 Å². The lowest BCUT2D eigenvalue weighted by Gasteiger charge is -2.25. The van der Waals surface area contributed by atoms with Crippen molar-refractivity contribution in [1.29, 1.82) is 0 Å². The van der Waals surface area contributed by atoms with Crippen molar-refractivity contribution in [3.63, 3.8) is 0 Å². The first-order valence-corrected chi connectivity index (χ1v) is 9.96. The van der Waals surface area contributed by atoms with E-state index >= 15 is 0 Å². The standard InChI is InChI=1S/C21H17FN4O2S/c1-11-7-12(2)17-15(8-11)16(19(27)24-17)18-20(28)26-10-25(9-23-21(26)29-18)14-5-3-13(22)4-6-14/h3-8H,9-10H2,1-2H3,(H,24,27)/b18-16+. The van der Waals surface area contributed by atoms with Gasteiger partial charge in [-0.2, -0.15) is 0 Å². The van der Waals surface area contributed by atoms with Gasteiger partial charge in [0.2, 0.25) is 0 Å². The van der Waals surface area contributed by atoms with Gasteiger partial charge in [-0.1, -0.05) is 23.0 Å². The van der Waals surface area contributed by atoms with Crippen LogP contribution in [0, 0.1) is 19.7 Å². The van der Waals surface area contributed by atoms with Gasteiger partial charge in [0.05, 0.1) is 11.3 Å². The molecule has 0 radical (unpaired) electrons. The number of hydrogen-bond donors (Lipinski definition) is 1. The van der Waals surface area contributed by atoms with Gasteiger partial charge in [-0.25, -0.2) is 9.38 Å². The van der Waals surface area contributed by atoms with Crippen molar-refractivity contribution in [2.75, 3.05) is 16.9 Å². The van der Waals surface area contributed by atoms with E-state index in [4.69, 9.17) is 0 Å². The third kappa shape index (κ3) is 2.79. The Balaban J connectivity index is 1.66. The minimum atomic E-state index is -0.314. The lowest BCUT2D eigenvalue weighted by Crippen LogP contribution is -2.43. The zero-order valence-corrected chi connectivity index (χ0v) is 16.6. The van der Waals surface area contributed by atoms with Crippen molar-refractivity contribution < 1.29 is 9.18 Å². The minimum Gasteiger partial charge on any atom is -0.334 e. The maximum Gasteiger partial charge on any atom is 0.272 e. The predicted octanol–water partition coefficient (Wildman–Crippen LogP) is 1.87. The third-order valence-electron chi connectivity index (χ3n) is 5.19. The first-order chi connectivity index (χ1) is 13.9. The fraction of sp³-hybridized carbons (Fsp3) is 0.190. The second-order valence-corrected chi connectivity index (χ2v) is 8.22. The SMILES string of the molecule is Cc1cc(C)c2c(c1)/C(=c1\sc3n(c1=O)CN(c1ccc(F)cc1)CN=3)C(=O)N2. The summed E-state index contributed by atoms with van der Waals surface area (Å²) >= 11 is 1.24. The molecule has 8 heteroatoms. The van der Waals surface area contributed by atoms with Crippen molar-refractivity contribution >= 4 is 34.2 Å². The van der Waals surface area contributed by atoms with Gasteiger partial charge in [0.1, 0.15) is 23.7 Å². The molecule has 0 saturated heterocycles. The average molecular weight is 408 g/mol. The van der Waals surface area contributed by atoms with Crippen LogP contribution in [0.1, 0.15) is 16.7 Å². The smallest absolute Gasteiger partial charge is 0.272 e. The lowest BCUT2D eigenvalue weighted by atomic mass is 10.0. The number of aromatic nitrogens is 1. The van der Waals surface area contributed by atoms with Crippen LogP contribution in [0.2, 0.25) is 0 Å². The van der Waals surface area contributed by atoms with Gasteiger partial charge >= 0.3 is 0 Å². The summed E-state index contributed by atoms with van der Waals surface area (Å²) in [7, 11) is 0. The van der Waals surface area contributed by atoms with Crippen molar-refractivity contribution in [2.45, 2.75) is 20.5 Å². The summed E-state index contributed by atoms with van der Waals surface area (Å²) in [5.74, 6) is -0.577. The Kier molecular flexibility index (Phi) is 3.92. The fourth-order valence-electron chi connectivity index (χ4n) is 3.83. The number of amides is 1. The molecule has 1 aromatic heterocycles. The minimum absolute atomic E-state index is 0.238. The molecule has 146 valence electrons. The normalized spacial score (nSPS) is 16.9. The molecular weight excluding hydrogens is 391 g/mol. The van der Waals surface area contributed by atoms with E-state index in [1.165, 1.54) is 23.5 Å². The molecule has 0 aliphatic carbocycles. The first-order valence-electron chi connectivity index (χ1n) is 9.14. The molecule has 0 spiro atoms. The summed E-state index contributed by atoms with van der Waals surface area (Å²) in [5, 5.41) is 2.89. The van der Waals surface area contributed by atoms with Crippen LogP contribution in [0.15, 0.2) is 46.2 Å². The molecule has 1 amide bonds. The molecule has 1 N–H and O–H groups in total. The topological polar surface area (TPSA) is 66.7 Å². The zero-order valence-electron chi connectivity index (χ0n) is 15.8. The highest BCUT2D eigenvalue weighted by atomic mass is 32.1. The molecule has 2 aliphatic heterocycles. The number of aryl methyl sites for hydroxylation is 2. The van der Waals surface area contributed by atoms with Gasteiger partial charge in [-0.3, -0.25) is 14.2 Å². The maximum atomic E-state index is 13.2. The van der Waals surface area contributed by atoms with E-state index in [1.54, 1.807) is 16.7 Å². The Bertz CT molecular complexity index is 1360. The number of hydrogen-bond acceptors (Lipinski definition) is 5. The molecule has 6 nitrogen and oxygen atoms in total. The van der Waals surface area contributed by atoms with Crippen LogP contribution in [0.25, 0.3) is 5.57 Å². The van der Waals surface area contributed by atoms with E-state index in [0.29, 0.717) is 28.2 Å². The number of thiazole rings is 1. The highest BCUT2D eigenvalue weighted by Crippen LogP contribution is 2.33. The van der Waals surface area contributed by atoms with Gasteiger partial charge in [-0.05, 0) is 49.7 Å². The molecule has 5 rings (SSSR count). The summed E-state index contributed by atoms with van der Waals surface area (Å²) in [5.41, 5.74) is 4.48. The molecule has 2 aromatic carbocycles. The van der Waals surface area contributed by atoms with Crippen LogP contribution in [-0.2, 0) is 11.5 Å². The van der Waals surface area contributed by atoms with Crippen LogP contribution in [-0.4, -0.2) is 17.1 Å². The first kappa shape index (κ1) is 17.8. The summed E-state index contributed by atoms with van der Waals surface area (Å²) < 4.78 is 15.2. The van der Waals surface area contributed by atoms with Crippen molar-refractivity contribution in [2.24, 2.45) is 4.99 Å². The summed E-state index contributed by atoms with van der Waals surface area (Å²) in [6.07, 6.45) is 0. The molecule has 0 fully saturated rings. The Labute approximate surface area is 169 Å². The average Bonchev–Trinajstić information content (AvgIpc) is 3.18. The van der Waals surface area contributed by atoms with Crippen LogP contribution in [0.3, 0.4) is 0 Å². The van der Waals surface area contributed by atoms with Crippen molar-refractivity contribution in [1.82, 2.24) is 4.57 Å². The quantitative estimate of drug-likeness (QED) is 0.669. The highest BCUT2D eigenvalue weighted by Gasteiger charge is 2.29. The van der Waals surface area contributed by atoms with Crippen molar-refractivity contribution in [3.05, 3.63) is 78.6 Å². The summed E-state index contributed by atoms with van der Waals surface area (Å²) in [6, 6.07) is 10.0. The number of carbonyl (C=O) groups excluding carboxylic acids is 1. The molecule has 0 bridgehead atoms. The van der Waals surface area contributed by atoms with Crippen LogP contribution >= 0.6 is 11.3 Å². The predicted molar refractivity (Wildman–Crippen MR) is 110 cm³/mol. The second kappa shape index (κ2) is 6.38. The van der Waals surface area contributed by atoms with Gasteiger partial charge in [0, 0.05) is 11.3 Å². The molecule has 29 heavy (non-hydrogen) atoms. The number of benzene rings is 2. The van der Waals surface area contributed by atoms with Gasteiger partial charge in [-0.15, -0.1) is 0 Å². The highest BCUT2D eigenvalue weighted by molar-refractivity contribution is 7.07. The number of anilines is 2. The maximum absolute atomic E-state index is 13.2. The van der Waals surface area contributed by atoms with Crippen molar-refractivity contribution in [3.8, 4) is 0 Å². The summed E-state index contributed by atoms with van der Waals surface area (Å²) in [4.78, 5) is 32.9. The summed E-state index contributed by atoms with van der Waals surface area (Å²) in [6.45, 7) is 4.57. The zero-order chi connectivity index (χ0) is 20.3. The third-order valence-corrected chi connectivity index (χ3v) is 6.30. The van der Waals surface area contributed by atoms with Gasteiger partial charge in [0.25, 0.3) is 11.5 Å². The molecule has 3 heterocycles. The Hall–Kier alpha value is -3.26.